The molecule has 0 bridgehead atoms. The Bertz CT molecular complexity index is 418. The average Bonchev–Trinajstić information content (AvgIpc) is 2.99. The van der Waals surface area contributed by atoms with Crippen LogP contribution in [0.15, 0.2) is 30.3 Å². The normalized spacial score (nSPS) is 26.1. The molecule has 3 heteroatoms. The lowest BCUT2D eigenvalue weighted by Gasteiger charge is -2.23. The van der Waals surface area contributed by atoms with E-state index < -0.39 is 0 Å². The summed E-state index contributed by atoms with van der Waals surface area (Å²) in [6.45, 7) is 1.26. The first kappa shape index (κ1) is 11.6. The van der Waals surface area contributed by atoms with Crippen molar-refractivity contribution >= 4 is 6.09 Å². The van der Waals surface area contributed by atoms with Gasteiger partial charge in [0.2, 0.25) is 0 Å². The molecule has 18 heavy (non-hydrogen) atoms. The fourth-order valence-electron chi connectivity index (χ4n) is 3.26. The third-order valence-electron chi connectivity index (χ3n) is 4.20. The van der Waals surface area contributed by atoms with E-state index in [1.54, 1.807) is 0 Å². The second kappa shape index (κ2) is 5.01. The smallest absolute Gasteiger partial charge is 0.410 e. The van der Waals surface area contributed by atoms with Gasteiger partial charge < -0.3 is 9.64 Å². The van der Waals surface area contributed by atoms with Crippen LogP contribution in [-0.2, 0) is 11.3 Å². The number of carbonyl (C=O) groups excluding carboxylic acids is 1. The highest BCUT2D eigenvalue weighted by Crippen LogP contribution is 2.37. The molecule has 0 radical (unpaired) electrons. The molecule has 0 spiro atoms. The van der Waals surface area contributed by atoms with Gasteiger partial charge in [0.1, 0.15) is 6.61 Å². The molecule has 1 heterocycles. The summed E-state index contributed by atoms with van der Waals surface area (Å²) in [5.74, 6) is 0.731. The zero-order valence-electron chi connectivity index (χ0n) is 10.5. The monoisotopic (exact) mass is 245 g/mol. The molecule has 0 N–H and O–H groups in total. The molecule has 1 aliphatic heterocycles. The molecule has 1 aliphatic carbocycles. The van der Waals surface area contributed by atoms with Crippen molar-refractivity contribution in [2.24, 2.45) is 5.92 Å². The molecule has 2 fully saturated rings. The maximum absolute atomic E-state index is 12.1. The number of benzene rings is 1. The van der Waals surface area contributed by atoms with E-state index in [1.165, 1.54) is 12.8 Å². The fraction of sp³-hybridized carbons (Fsp3) is 0.533. The molecule has 1 saturated carbocycles. The quantitative estimate of drug-likeness (QED) is 0.800. The van der Waals surface area contributed by atoms with Crippen LogP contribution in [0.3, 0.4) is 0 Å². The van der Waals surface area contributed by atoms with Gasteiger partial charge in [-0.2, -0.15) is 0 Å². The van der Waals surface area contributed by atoms with Crippen molar-refractivity contribution in [3.63, 3.8) is 0 Å². The van der Waals surface area contributed by atoms with Crippen LogP contribution in [0.25, 0.3) is 0 Å². The lowest BCUT2D eigenvalue weighted by Crippen LogP contribution is -2.36. The van der Waals surface area contributed by atoms with Crippen molar-refractivity contribution in [2.75, 3.05) is 6.54 Å². The summed E-state index contributed by atoms with van der Waals surface area (Å²) < 4.78 is 5.41. The number of carbonyl (C=O) groups is 1. The number of likely N-dealkylation sites (tertiary alicyclic amines) is 1. The van der Waals surface area contributed by atoms with Crippen LogP contribution >= 0.6 is 0 Å². The molecule has 0 aromatic heterocycles. The number of amides is 1. The second-order valence-electron chi connectivity index (χ2n) is 5.28. The van der Waals surface area contributed by atoms with E-state index in [2.05, 4.69) is 0 Å². The van der Waals surface area contributed by atoms with Crippen LogP contribution in [0.1, 0.15) is 31.2 Å². The van der Waals surface area contributed by atoms with E-state index in [4.69, 9.17) is 4.74 Å². The third-order valence-corrected chi connectivity index (χ3v) is 4.20. The summed E-state index contributed by atoms with van der Waals surface area (Å²) in [5, 5.41) is 0. The predicted molar refractivity (Wildman–Crippen MR) is 69.1 cm³/mol. The second-order valence-corrected chi connectivity index (χ2v) is 5.28. The van der Waals surface area contributed by atoms with E-state index in [1.807, 2.05) is 35.2 Å². The van der Waals surface area contributed by atoms with E-state index in [0.717, 1.165) is 30.9 Å². The number of nitrogens with zero attached hydrogens (tertiary/aromatic N) is 1. The van der Waals surface area contributed by atoms with Gasteiger partial charge >= 0.3 is 6.09 Å². The van der Waals surface area contributed by atoms with Gasteiger partial charge in [-0.3, -0.25) is 0 Å². The topological polar surface area (TPSA) is 29.5 Å². The van der Waals surface area contributed by atoms with Crippen LogP contribution in [0.4, 0.5) is 4.79 Å². The first-order valence-electron chi connectivity index (χ1n) is 6.82. The summed E-state index contributed by atoms with van der Waals surface area (Å²) in [6.07, 6.45) is 4.73. The van der Waals surface area contributed by atoms with E-state index in [0.29, 0.717) is 12.6 Å². The van der Waals surface area contributed by atoms with Crippen LogP contribution in [0.5, 0.6) is 0 Å². The number of ether oxygens (including phenoxy) is 1. The molecule has 1 aromatic rings. The van der Waals surface area contributed by atoms with Crippen molar-refractivity contribution in [2.45, 2.75) is 38.3 Å². The molecule has 3 nitrogen and oxygen atoms in total. The molecule has 2 atom stereocenters. The maximum Gasteiger partial charge on any atom is 0.410 e. The van der Waals surface area contributed by atoms with Crippen LogP contribution in [0, 0.1) is 5.92 Å². The number of hydrogen-bond acceptors (Lipinski definition) is 2. The predicted octanol–water partition coefficient (Wildman–Crippen LogP) is 3.20. The highest BCUT2D eigenvalue weighted by atomic mass is 16.6. The SMILES string of the molecule is O=C(OCc1ccccc1)N1CCC2CCCC21. The zero-order valence-corrected chi connectivity index (χ0v) is 10.5. The number of fused-ring (bicyclic) bond motifs is 1. The molecule has 3 rings (SSSR count). The summed E-state index contributed by atoms with van der Waals surface area (Å²) in [4.78, 5) is 14.0. The Morgan fingerprint density at radius 3 is 2.89 bits per heavy atom. The number of hydrogen-bond donors (Lipinski definition) is 0. The van der Waals surface area contributed by atoms with Crippen LogP contribution < -0.4 is 0 Å². The Balaban J connectivity index is 1.56. The summed E-state index contributed by atoms with van der Waals surface area (Å²) in [7, 11) is 0. The summed E-state index contributed by atoms with van der Waals surface area (Å²) >= 11 is 0. The van der Waals surface area contributed by atoms with Crippen molar-refractivity contribution in [1.29, 1.82) is 0 Å². The van der Waals surface area contributed by atoms with Gasteiger partial charge in [0.05, 0.1) is 0 Å². The Morgan fingerprint density at radius 1 is 1.22 bits per heavy atom. The Morgan fingerprint density at radius 2 is 2.06 bits per heavy atom. The molecule has 2 unspecified atom stereocenters. The van der Waals surface area contributed by atoms with Gasteiger partial charge in [-0.05, 0) is 30.7 Å². The van der Waals surface area contributed by atoms with E-state index >= 15 is 0 Å². The fourth-order valence-corrected chi connectivity index (χ4v) is 3.26. The van der Waals surface area contributed by atoms with Crippen molar-refractivity contribution < 1.29 is 9.53 Å². The lowest BCUT2D eigenvalue weighted by molar-refractivity contribution is 0.0905. The molecule has 1 aromatic carbocycles. The Labute approximate surface area is 108 Å². The summed E-state index contributed by atoms with van der Waals surface area (Å²) in [5.41, 5.74) is 1.05. The molecule has 96 valence electrons. The van der Waals surface area contributed by atoms with Gasteiger partial charge in [-0.1, -0.05) is 36.8 Å². The minimum Gasteiger partial charge on any atom is -0.445 e. The molecule has 1 saturated heterocycles. The van der Waals surface area contributed by atoms with Crippen LogP contribution in [-0.4, -0.2) is 23.6 Å². The maximum atomic E-state index is 12.1. The van der Waals surface area contributed by atoms with Crippen molar-refractivity contribution in [3.8, 4) is 0 Å². The molecular weight excluding hydrogens is 226 g/mol. The van der Waals surface area contributed by atoms with Crippen molar-refractivity contribution in [1.82, 2.24) is 4.90 Å². The van der Waals surface area contributed by atoms with Gasteiger partial charge in [-0.25, -0.2) is 4.79 Å². The molecular formula is C15H19NO2. The summed E-state index contributed by atoms with van der Waals surface area (Å²) in [6, 6.07) is 10.3. The molecule has 2 aliphatic rings. The minimum atomic E-state index is -0.131. The van der Waals surface area contributed by atoms with Gasteiger partial charge in [0.15, 0.2) is 0 Å². The van der Waals surface area contributed by atoms with Crippen LogP contribution in [0.2, 0.25) is 0 Å². The third kappa shape index (κ3) is 2.22. The van der Waals surface area contributed by atoms with Gasteiger partial charge in [-0.15, -0.1) is 0 Å². The van der Waals surface area contributed by atoms with Crippen molar-refractivity contribution in [3.05, 3.63) is 35.9 Å². The highest BCUT2D eigenvalue weighted by molar-refractivity contribution is 5.68. The first-order valence-corrected chi connectivity index (χ1v) is 6.82. The zero-order chi connectivity index (χ0) is 12.4. The number of rotatable bonds is 2. The Hall–Kier alpha value is -1.51. The molecule has 1 amide bonds. The standard InChI is InChI=1S/C15H19NO2/c17-15(18-11-12-5-2-1-3-6-12)16-10-9-13-7-4-8-14(13)16/h1-3,5-6,13-14H,4,7-11H2. The highest BCUT2D eigenvalue weighted by Gasteiger charge is 2.40. The van der Waals surface area contributed by atoms with E-state index in [-0.39, 0.29) is 6.09 Å². The first-order chi connectivity index (χ1) is 8.84. The lowest BCUT2D eigenvalue weighted by atomic mass is 10.1. The largest absolute Gasteiger partial charge is 0.445 e. The van der Waals surface area contributed by atoms with E-state index in [9.17, 15) is 4.79 Å². The Kier molecular flexibility index (Phi) is 3.22. The van der Waals surface area contributed by atoms with Gasteiger partial charge in [0, 0.05) is 12.6 Å². The average molecular weight is 245 g/mol. The van der Waals surface area contributed by atoms with Gasteiger partial charge in [0.25, 0.3) is 0 Å². The minimum absolute atomic E-state index is 0.131.